The van der Waals surface area contributed by atoms with Gasteiger partial charge in [-0.2, -0.15) is 0 Å². The van der Waals surface area contributed by atoms with Crippen LogP contribution >= 0.6 is 0 Å². The first-order valence-electron chi connectivity index (χ1n) is 7.52. The number of hydrogen-bond donors (Lipinski definition) is 0. The van der Waals surface area contributed by atoms with Crippen LogP contribution in [0, 0.1) is 13.8 Å². The van der Waals surface area contributed by atoms with E-state index in [0.29, 0.717) is 12.3 Å². The molecule has 1 aromatic carbocycles. The Bertz CT molecular complexity index is 455. The van der Waals surface area contributed by atoms with Crippen molar-refractivity contribution in [2.45, 2.75) is 72.3 Å². The van der Waals surface area contributed by atoms with E-state index in [1.807, 2.05) is 20.8 Å². The van der Waals surface area contributed by atoms with Gasteiger partial charge in [-0.15, -0.1) is 0 Å². The van der Waals surface area contributed by atoms with Crippen molar-refractivity contribution < 1.29 is 9.53 Å². The van der Waals surface area contributed by atoms with Crippen LogP contribution in [0.25, 0.3) is 0 Å². The molecule has 0 radical (unpaired) electrons. The number of rotatable bonds is 5. The molecule has 0 aromatic heterocycles. The first-order chi connectivity index (χ1) is 9.23. The molecule has 1 atom stereocenters. The van der Waals surface area contributed by atoms with Gasteiger partial charge in [0.15, 0.2) is 0 Å². The van der Waals surface area contributed by atoms with Gasteiger partial charge in [0.2, 0.25) is 0 Å². The van der Waals surface area contributed by atoms with Crippen LogP contribution in [0.15, 0.2) is 18.2 Å². The van der Waals surface area contributed by atoms with Gasteiger partial charge in [-0.05, 0) is 70.1 Å². The van der Waals surface area contributed by atoms with Crippen molar-refractivity contribution in [3.05, 3.63) is 34.9 Å². The Kier molecular flexibility index (Phi) is 5.79. The van der Waals surface area contributed by atoms with Crippen molar-refractivity contribution in [3.8, 4) is 0 Å². The van der Waals surface area contributed by atoms with E-state index in [9.17, 15) is 4.79 Å². The molecule has 0 saturated heterocycles. The molecule has 0 fully saturated rings. The van der Waals surface area contributed by atoms with Crippen LogP contribution in [0.4, 0.5) is 0 Å². The fourth-order valence-corrected chi connectivity index (χ4v) is 2.31. The van der Waals surface area contributed by atoms with Gasteiger partial charge in [-0.3, -0.25) is 4.79 Å². The minimum absolute atomic E-state index is 0.0974. The van der Waals surface area contributed by atoms with Crippen molar-refractivity contribution in [2.75, 3.05) is 0 Å². The maximum Gasteiger partial charge on any atom is 0.306 e. The molecule has 0 N–H and O–H groups in total. The van der Waals surface area contributed by atoms with Crippen molar-refractivity contribution in [3.63, 3.8) is 0 Å². The lowest BCUT2D eigenvalue weighted by Crippen LogP contribution is -2.24. The number of hydrogen-bond acceptors (Lipinski definition) is 2. The van der Waals surface area contributed by atoms with Gasteiger partial charge in [-0.1, -0.05) is 25.1 Å². The van der Waals surface area contributed by atoms with Crippen LogP contribution in [0.5, 0.6) is 0 Å². The number of ether oxygens (including phenoxy) is 1. The molecule has 0 heterocycles. The highest BCUT2D eigenvalue weighted by molar-refractivity contribution is 5.69. The third kappa shape index (κ3) is 5.36. The normalized spacial score (nSPS) is 13.1. The Morgan fingerprint density at radius 2 is 1.85 bits per heavy atom. The fraction of sp³-hybridized carbons (Fsp3) is 0.611. The maximum atomic E-state index is 11.8. The molecular formula is C18H28O2. The summed E-state index contributed by atoms with van der Waals surface area (Å²) in [6.45, 7) is 12.2. The second-order valence-electron chi connectivity index (χ2n) is 6.57. The Hall–Kier alpha value is -1.31. The molecule has 0 aliphatic heterocycles. The number of aryl methyl sites for hydroxylation is 2. The smallest absolute Gasteiger partial charge is 0.306 e. The molecule has 20 heavy (non-hydrogen) atoms. The number of esters is 1. The Balaban J connectivity index is 2.63. The highest BCUT2D eigenvalue weighted by Gasteiger charge is 2.18. The third-order valence-electron chi connectivity index (χ3n) is 3.61. The minimum atomic E-state index is -0.390. The van der Waals surface area contributed by atoms with Crippen LogP contribution in [0.2, 0.25) is 0 Å². The highest BCUT2D eigenvalue weighted by Crippen LogP contribution is 2.27. The van der Waals surface area contributed by atoms with Gasteiger partial charge < -0.3 is 4.74 Å². The Labute approximate surface area is 123 Å². The molecule has 2 nitrogen and oxygen atoms in total. The standard InChI is InChI=1S/C18H28O2/c1-7-15(10-11-17(19)20-18(4,5)6)16-9-8-13(2)14(3)12-16/h8-9,12,15H,7,10-11H2,1-6H3. The SMILES string of the molecule is CCC(CCC(=O)OC(C)(C)C)c1ccc(C)c(C)c1. The zero-order valence-electron chi connectivity index (χ0n) is 13.7. The van der Waals surface area contributed by atoms with Crippen molar-refractivity contribution in [1.82, 2.24) is 0 Å². The second-order valence-corrected chi connectivity index (χ2v) is 6.57. The first-order valence-corrected chi connectivity index (χ1v) is 7.52. The molecule has 0 aliphatic carbocycles. The third-order valence-corrected chi connectivity index (χ3v) is 3.61. The van der Waals surface area contributed by atoms with Gasteiger partial charge in [-0.25, -0.2) is 0 Å². The molecule has 0 spiro atoms. The molecule has 0 aliphatic rings. The zero-order valence-corrected chi connectivity index (χ0v) is 13.7. The zero-order chi connectivity index (χ0) is 15.3. The summed E-state index contributed by atoms with van der Waals surface area (Å²) >= 11 is 0. The number of carbonyl (C=O) groups excluding carboxylic acids is 1. The predicted octanol–water partition coefficient (Wildman–Crippen LogP) is 4.92. The quantitative estimate of drug-likeness (QED) is 0.714. The first kappa shape index (κ1) is 16.7. The molecule has 0 saturated carbocycles. The summed E-state index contributed by atoms with van der Waals surface area (Å²) in [7, 11) is 0. The lowest BCUT2D eigenvalue weighted by Gasteiger charge is -2.21. The van der Waals surface area contributed by atoms with Gasteiger partial charge in [0.05, 0.1) is 0 Å². The number of carbonyl (C=O) groups is 1. The second kappa shape index (κ2) is 6.92. The summed E-state index contributed by atoms with van der Waals surface area (Å²) in [5.74, 6) is 0.335. The Morgan fingerprint density at radius 1 is 1.20 bits per heavy atom. The molecule has 0 bridgehead atoms. The van der Waals surface area contributed by atoms with Gasteiger partial charge in [0.25, 0.3) is 0 Å². The molecule has 1 aromatic rings. The Morgan fingerprint density at radius 3 is 2.35 bits per heavy atom. The highest BCUT2D eigenvalue weighted by atomic mass is 16.6. The average molecular weight is 276 g/mol. The fourth-order valence-electron chi connectivity index (χ4n) is 2.31. The van der Waals surface area contributed by atoms with E-state index in [4.69, 9.17) is 4.74 Å². The maximum absolute atomic E-state index is 11.8. The average Bonchev–Trinajstić information content (AvgIpc) is 2.32. The van der Waals surface area contributed by atoms with E-state index in [2.05, 4.69) is 39.0 Å². The molecule has 1 unspecified atom stereocenters. The van der Waals surface area contributed by atoms with E-state index in [-0.39, 0.29) is 11.6 Å². The van der Waals surface area contributed by atoms with Crippen LogP contribution < -0.4 is 0 Å². The van der Waals surface area contributed by atoms with Gasteiger partial charge in [0.1, 0.15) is 5.60 Å². The van der Waals surface area contributed by atoms with Gasteiger partial charge in [0, 0.05) is 6.42 Å². The van der Waals surface area contributed by atoms with Crippen LogP contribution in [0.3, 0.4) is 0 Å². The summed E-state index contributed by atoms with van der Waals surface area (Å²) in [6, 6.07) is 6.60. The molecule has 112 valence electrons. The number of benzene rings is 1. The van der Waals surface area contributed by atoms with Gasteiger partial charge >= 0.3 is 5.97 Å². The molecule has 0 amide bonds. The topological polar surface area (TPSA) is 26.3 Å². The predicted molar refractivity (Wildman–Crippen MR) is 84.0 cm³/mol. The van der Waals surface area contributed by atoms with Crippen molar-refractivity contribution >= 4 is 5.97 Å². The monoisotopic (exact) mass is 276 g/mol. The minimum Gasteiger partial charge on any atom is -0.460 e. The van der Waals surface area contributed by atoms with Crippen molar-refractivity contribution in [2.24, 2.45) is 0 Å². The summed E-state index contributed by atoms with van der Waals surface area (Å²) in [5, 5.41) is 0. The summed E-state index contributed by atoms with van der Waals surface area (Å²) in [5.41, 5.74) is 3.58. The summed E-state index contributed by atoms with van der Waals surface area (Å²) in [6.07, 6.45) is 2.39. The lowest BCUT2D eigenvalue weighted by atomic mass is 9.90. The van der Waals surface area contributed by atoms with E-state index < -0.39 is 0 Å². The van der Waals surface area contributed by atoms with Crippen molar-refractivity contribution in [1.29, 1.82) is 0 Å². The molecule has 1 rings (SSSR count). The van der Waals surface area contributed by atoms with E-state index in [0.717, 1.165) is 12.8 Å². The molecular weight excluding hydrogens is 248 g/mol. The van der Waals surface area contributed by atoms with E-state index in [1.165, 1.54) is 16.7 Å². The summed E-state index contributed by atoms with van der Waals surface area (Å²) < 4.78 is 5.37. The largest absolute Gasteiger partial charge is 0.460 e. The van der Waals surface area contributed by atoms with Crippen LogP contribution in [0.1, 0.15) is 69.6 Å². The van der Waals surface area contributed by atoms with E-state index in [1.54, 1.807) is 0 Å². The van der Waals surface area contributed by atoms with Crippen LogP contribution in [-0.4, -0.2) is 11.6 Å². The summed E-state index contributed by atoms with van der Waals surface area (Å²) in [4.78, 5) is 11.8. The van der Waals surface area contributed by atoms with Crippen LogP contribution in [-0.2, 0) is 9.53 Å². The van der Waals surface area contributed by atoms with E-state index >= 15 is 0 Å². The lowest BCUT2D eigenvalue weighted by molar-refractivity contribution is -0.155. The molecule has 2 heteroatoms.